The predicted molar refractivity (Wildman–Crippen MR) is 104 cm³/mol. The second-order valence-corrected chi connectivity index (χ2v) is 8.43. The molecule has 2 aromatic rings. The van der Waals surface area contributed by atoms with E-state index in [4.69, 9.17) is 4.74 Å². The van der Waals surface area contributed by atoms with Gasteiger partial charge in [-0.1, -0.05) is 48.5 Å². The van der Waals surface area contributed by atoms with Crippen molar-refractivity contribution in [3.63, 3.8) is 0 Å². The molecule has 0 heterocycles. The van der Waals surface area contributed by atoms with Gasteiger partial charge in [-0.3, -0.25) is 4.79 Å². The third-order valence-corrected chi connectivity index (χ3v) is 6.74. The van der Waals surface area contributed by atoms with Crippen molar-refractivity contribution in [1.82, 2.24) is 5.32 Å². The summed E-state index contributed by atoms with van der Waals surface area (Å²) in [6, 6.07) is 16.4. The minimum absolute atomic E-state index is 0.00529. The first-order chi connectivity index (χ1) is 13.6. The minimum Gasteiger partial charge on any atom is -0.481 e. The molecule has 2 saturated carbocycles. The van der Waals surface area contributed by atoms with E-state index in [-0.39, 0.29) is 19.1 Å². The van der Waals surface area contributed by atoms with Crippen molar-refractivity contribution < 1.29 is 19.4 Å². The maximum absolute atomic E-state index is 12.3. The molecule has 1 amide bonds. The zero-order chi connectivity index (χ0) is 19.3. The fraction of sp³-hybridized carbons (Fsp3) is 0.391. The van der Waals surface area contributed by atoms with Gasteiger partial charge >= 0.3 is 12.1 Å². The van der Waals surface area contributed by atoms with Crippen LogP contribution in [0.2, 0.25) is 0 Å². The van der Waals surface area contributed by atoms with Gasteiger partial charge in [-0.15, -0.1) is 0 Å². The fourth-order valence-electron chi connectivity index (χ4n) is 5.18. The highest BCUT2D eigenvalue weighted by Gasteiger charge is 2.57. The molecule has 5 heteroatoms. The molecule has 2 aromatic carbocycles. The molecule has 5 rings (SSSR count). The van der Waals surface area contributed by atoms with Gasteiger partial charge in [0.15, 0.2) is 0 Å². The Morgan fingerprint density at radius 1 is 1.00 bits per heavy atom. The van der Waals surface area contributed by atoms with Crippen LogP contribution in [0.3, 0.4) is 0 Å². The van der Waals surface area contributed by atoms with E-state index in [0.717, 1.165) is 17.5 Å². The lowest BCUT2D eigenvalue weighted by molar-refractivity contribution is -0.148. The molecular weight excluding hydrogens is 354 g/mol. The van der Waals surface area contributed by atoms with Crippen LogP contribution in [0.5, 0.6) is 0 Å². The van der Waals surface area contributed by atoms with E-state index >= 15 is 0 Å². The summed E-state index contributed by atoms with van der Waals surface area (Å²) in [7, 11) is 0. The number of carboxylic acids is 1. The Kier molecular flexibility index (Phi) is 3.93. The monoisotopic (exact) mass is 377 g/mol. The van der Waals surface area contributed by atoms with E-state index in [9.17, 15) is 14.7 Å². The first-order valence-electron chi connectivity index (χ1n) is 9.90. The lowest BCUT2D eigenvalue weighted by atomic mass is 9.83. The number of carbonyl (C=O) groups excluding carboxylic acids is 1. The average molecular weight is 377 g/mol. The van der Waals surface area contributed by atoms with Crippen molar-refractivity contribution in [1.29, 1.82) is 0 Å². The highest BCUT2D eigenvalue weighted by atomic mass is 16.5. The average Bonchev–Trinajstić information content (AvgIpc) is 3.20. The van der Waals surface area contributed by atoms with Crippen molar-refractivity contribution in [3.05, 3.63) is 59.7 Å². The molecule has 28 heavy (non-hydrogen) atoms. The molecule has 0 saturated heterocycles. The number of hydrogen-bond acceptors (Lipinski definition) is 3. The van der Waals surface area contributed by atoms with E-state index in [1.165, 1.54) is 11.1 Å². The van der Waals surface area contributed by atoms with Gasteiger partial charge in [0.2, 0.25) is 0 Å². The summed E-state index contributed by atoms with van der Waals surface area (Å²) in [4.78, 5) is 24.1. The molecule has 2 unspecified atom stereocenters. The van der Waals surface area contributed by atoms with Gasteiger partial charge in [-0.25, -0.2) is 4.79 Å². The summed E-state index contributed by atoms with van der Waals surface area (Å²) >= 11 is 0. The van der Waals surface area contributed by atoms with Crippen molar-refractivity contribution in [2.24, 2.45) is 17.3 Å². The maximum Gasteiger partial charge on any atom is 0.407 e. The zero-order valence-corrected chi connectivity index (χ0v) is 15.6. The summed E-state index contributed by atoms with van der Waals surface area (Å²) in [5.41, 5.74) is 3.87. The molecule has 2 fully saturated rings. The molecule has 2 N–H and O–H groups in total. The molecule has 0 aromatic heterocycles. The maximum atomic E-state index is 12.3. The Morgan fingerprint density at radius 2 is 1.57 bits per heavy atom. The van der Waals surface area contributed by atoms with Crippen molar-refractivity contribution in [2.45, 2.75) is 25.2 Å². The molecule has 144 valence electrons. The van der Waals surface area contributed by atoms with E-state index in [2.05, 4.69) is 29.6 Å². The first kappa shape index (κ1) is 17.3. The number of fused-ring (bicyclic) bond motifs is 4. The molecule has 3 aliphatic carbocycles. The number of amides is 1. The second-order valence-electron chi connectivity index (χ2n) is 8.43. The predicted octanol–water partition coefficient (Wildman–Crippen LogP) is 4.03. The summed E-state index contributed by atoms with van der Waals surface area (Å²) < 4.78 is 5.52. The van der Waals surface area contributed by atoms with Crippen LogP contribution in [0.25, 0.3) is 11.1 Å². The van der Waals surface area contributed by atoms with Crippen molar-refractivity contribution in [3.8, 4) is 11.1 Å². The van der Waals surface area contributed by atoms with Crippen LogP contribution in [0, 0.1) is 17.3 Å². The van der Waals surface area contributed by atoms with Crippen LogP contribution in [0.15, 0.2) is 48.5 Å². The summed E-state index contributed by atoms with van der Waals surface area (Å²) in [6.45, 7) is 0.386. The number of carboxylic acid groups (broad SMARTS) is 1. The number of alkyl carbamates (subject to hydrolysis) is 1. The van der Waals surface area contributed by atoms with E-state index in [1.807, 2.05) is 24.3 Å². The first-order valence-corrected chi connectivity index (χ1v) is 9.90. The Morgan fingerprint density at radius 3 is 2.14 bits per heavy atom. The number of nitrogens with one attached hydrogen (secondary N) is 1. The van der Waals surface area contributed by atoms with Gasteiger partial charge < -0.3 is 15.2 Å². The number of rotatable bonds is 5. The summed E-state index contributed by atoms with van der Waals surface area (Å²) in [5, 5.41) is 12.4. The highest BCUT2D eigenvalue weighted by molar-refractivity contribution is 5.79. The number of benzene rings is 2. The summed E-state index contributed by atoms with van der Waals surface area (Å²) in [5.74, 6) is 0.255. The van der Waals surface area contributed by atoms with Crippen LogP contribution < -0.4 is 5.32 Å². The third-order valence-electron chi connectivity index (χ3n) is 6.74. The largest absolute Gasteiger partial charge is 0.481 e. The van der Waals surface area contributed by atoms with E-state index < -0.39 is 17.5 Å². The SMILES string of the molecule is O=C(NCC1(C(=O)O)CC2CC2C1)OCC1c2ccccc2-c2ccccc21. The van der Waals surface area contributed by atoms with Gasteiger partial charge in [0.25, 0.3) is 0 Å². The zero-order valence-electron chi connectivity index (χ0n) is 15.6. The normalized spacial score (nSPS) is 26.9. The lowest BCUT2D eigenvalue weighted by Gasteiger charge is -2.26. The lowest BCUT2D eigenvalue weighted by Crippen LogP contribution is -2.42. The molecule has 0 spiro atoms. The Balaban J connectivity index is 1.24. The molecule has 5 nitrogen and oxygen atoms in total. The molecular formula is C23H23NO4. The van der Waals surface area contributed by atoms with E-state index in [0.29, 0.717) is 24.7 Å². The molecule has 0 radical (unpaired) electrons. The van der Waals surface area contributed by atoms with Crippen LogP contribution in [0.4, 0.5) is 4.79 Å². The minimum atomic E-state index is -0.820. The van der Waals surface area contributed by atoms with Crippen LogP contribution in [-0.4, -0.2) is 30.3 Å². The van der Waals surface area contributed by atoms with Crippen LogP contribution in [0.1, 0.15) is 36.3 Å². The topological polar surface area (TPSA) is 75.6 Å². The van der Waals surface area contributed by atoms with E-state index in [1.54, 1.807) is 0 Å². The van der Waals surface area contributed by atoms with Gasteiger partial charge in [0, 0.05) is 12.5 Å². The van der Waals surface area contributed by atoms with Gasteiger partial charge in [0.1, 0.15) is 6.61 Å². The third kappa shape index (κ3) is 2.77. The van der Waals surface area contributed by atoms with Gasteiger partial charge in [-0.05, 0) is 53.4 Å². The number of hydrogen-bond donors (Lipinski definition) is 2. The standard InChI is InChI=1S/C23H23NO4/c25-21(26)23(10-14-9-15(14)11-23)13-24-22(27)28-12-20-18-7-3-1-5-16(18)17-6-2-4-8-19(17)20/h1-8,14-15,20H,9-13H2,(H,24,27)(H,25,26). The smallest absolute Gasteiger partial charge is 0.407 e. The Bertz CT molecular complexity index is 898. The molecule has 0 bridgehead atoms. The van der Waals surface area contributed by atoms with Crippen LogP contribution >= 0.6 is 0 Å². The summed E-state index contributed by atoms with van der Waals surface area (Å²) in [6.07, 6.45) is 1.93. The number of carbonyl (C=O) groups is 2. The number of ether oxygens (including phenoxy) is 1. The Hall–Kier alpha value is -2.82. The highest BCUT2D eigenvalue weighted by Crippen LogP contribution is 2.59. The second kappa shape index (κ2) is 6.36. The fourth-order valence-corrected chi connectivity index (χ4v) is 5.18. The molecule has 3 aliphatic rings. The molecule has 2 atom stereocenters. The van der Waals surface area contributed by atoms with Crippen molar-refractivity contribution in [2.75, 3.05) is 13.2 Å². The van der Waals surface area contributed by atoms with Crippen molar-refractivity contribution >= 4 is 12.1 Å². The molecule has 0 aliphatic heterocycles. The van der Waals surface area contributed by atoms with Gasteiger partial charge in [0.05, 0.1) is 5.41 Å². The Labute approximate surface area is 163 Å². The quantitative estimate of drug-likeness (QED) is 0.825. The number of aliphatic carboxylic acids is 1. The van der Waals surface area contributed by atoms with Gasteiger partial charge in [-0.2, -0.15) is 0 Å². The van der Waals surface area contributed by atoms with Crippen LogP contribution in [-0.2, 0) is 9.53 Å².